The molecule has 6 nitrogen and oxygen atoms in total. The highest BCUT2D eigenvalue weighted by Gasteiger charge is 2.10. The minimum atomic E-state index is -3.48. The second kappa shape index (κ2) is 8.55. The minimum Gasteiger partial charge on any atom is -0.445 e. The molecular formula is C13H19NO5S. The van der Waals surface area contributed by atoms with Crippen LogP contribution in [0.1, 0.15) is 18.9 Å². The number of ether oxygens (including phenoxy) is 1. The first kappa shape index (κ1) is 16.5. The van der Waals surface area contributed by atoms with E-state index in [2.05, 4.69) is 9.50 Å². The Hall–Kier alpha value is -1.60. The summed E-state index contributed by atoms with van der Waals surface area (Å²) in [5, 5.41) is 2.49. The van der Waals surface area contributed by atoms with Gasteiger partial charge in [-0.25, -0.2) is 4.79 Å². The lowest BCUT2D eigenvalue weighted by Gasteiger charge is -2.07. The number of hydrogen-bond acceptors (Lipinski definition) is 5. The maximum absolute atomic E-state index is 11.4. The average Bonchev–Trinajstić information content (AvgIpc) is 2.42. The molecule has 0 bridgehead atoms. The van der Waals surface area contributed by atoms with Gasteiger partial charge in [-0.05, 0) is 18.9 Å². The first-order chi connectivity index (χ1) is 9.53. The third kappa shape index (κ3) is 7.10. The minimum absolute atomic E-state index is 0.120. The van der Waals surface area contributed by atoms with Crippen LogP contribution < -0.4 is 5.32 Å². The molecule has 1 amide bonds. The van der Waals surface area contributed by atoms with Gasteiger partial charge in [-0.15, -0.1) is 0 Å². The second-order valence-electron chi connectivity index (χ2n) is 4.01. The summed E-state index contributed by atoms with van der Waals surface area (Å²) >= 11 is 0. The summed E-state index contributed by atoms with van der Waals surface area (Å²) in [4.78, 5) is 11.4. The van der Waals surface area contributed by atoms with Gasteiger partial charge in [0.1, 0.15) is 6.61 Å². The molecule has 20 heavy (non-hydrogen) atoms. The molecule has 0 saturated carbocycles. The summed E-state index contributed by atoms with van der Waals surface area (Å²) < 4.78 is 32.0. The molecule has 1 aromatic carbocycles. The number of alkyl carbamates (subject to hydrolysis) is 1. The van der Waals surface area contributed by atoms with Crippen molar-refractivity contribution in [1.29, 1.82) is 0 Å². The maximum Gasteiger partial charge on any atom is 0.407 e. The first-order valence-corrected chi connectivity index (χ1v) is 7.93. The number of carbonyl (C=O) groups excluding carboxylic acids is 1. The van der Waals surface area contributed by atoms with Crippen molar-refractivity contribution in [1.82, 2.24) is 5.32 Å². The Morgan fingerprint density at radius 1 is 1.25 bits per heavy atom. The molecule has 0 aliphatic rings. The Balaban J connectivity index is 2.15. The molecule has 0 atom stereocenters. The van der Waals surface area contributed by atoms with Gasteiger partial charge < -0.3 is 10.1 Å². The van der Waals surface area contributed by atoms with Gasteiger partial charge in [-0.3, -0.25) is 4.18 Å². The van der Waals surface area contributed by atoms with Crippen molar-refractivity contribution in [2.75, 3.05) is 18.9 Å². The van der Waals surface area contributed by atoms with Crippen LogP contribution in [0.4, 0.5) is 4.79 Å². The number of benzene rings is 1. The Morgan fingerprint density at radius 2 is 1.95 bits per heavy atom. The molecule has 0 radical (unpaired) electrons. The molecule has 1 rings (SSSR count). The van der Waals surface area contributed by atoms with Crippen LogP contribution in [0.3, 0.4) is 0 Å². The van der Waals surface area contributed by atoms with E-state index in [1.807, 2.05) is 30.3 Å². The standard InChI is InChI=1S/C13H19NO5S/c1-2-19-20(16,17)10-6-9-14-13(15)18-11-12-7-4-3-5-8-12/h3-5,7-8H,2,6,9-11H2,1H3,(H,14,15). The lowest BCUT2D eigenvalue weighted by molar-refractivity contribution is 0.139. The van der Waals surface area contributed by atoms with E-state index in [9.17, 15) is 13.2 Å². The first-order valence-electron chi connectivity index (χ1n) is 6.35. The van der Waals surface area contributed by atoms with Gasteiger partial charge in [0.15, 0.2) is 0 Å². The quantitative estimate of drug-likeness (QED) is 0.583. The van der Waals surface area contributed by atoms with Gasteiger partial charge >= 0.3 is 6.09 Å². The molecule has 0 aliphatic heterocycles. The third-order valence-corrected chi connectivity index (χ3v) is 3.73. The van der Waals surface area contributed by atoms with Crippen LogP contribution in [0.2, 0.25) is 0 Å². The highest BCUT2D eigenvalue weighted by atomic mass is 32.2. The number of hydrogen-bond donors (Lipinski definition) is 1. The lowest BCUT2D eigenvalue weighted by atomic mass is 10.2. The molecule has 1 aromatic rings. The predicted molar refractivity (Wildman–Crippen MR) is 74.7 cm³/mol. The van der Waals surface area contributed by atoms with Crippen LogP contribution in [0.25, 0.3) is 0 Å². The number of amides is 1. The maximum atomic E-state index is 11.4. The van der Waals surface area contributed by atoms with Crippen molar-refractivity contribution < 1.29 is 22.1 Å². The fourth-order valence-electron chi connectivity index (χ4n) is 1.45. The van der Waals surface area contributed by atoms with Gasteiger partial charge in [-0.2, -0.15) is 8.42 Å². The summed E-state index contributed by atoms with van der Waals surface area (Å²) in [5.41, 5.74) is 0.890. The topological polar surface area (TPSA) is 81.7 Å². The van der Waals surface area contributed by atoms with Crippen LogP contribution in [0.15, 0.2) is 30.3 Å². The molecule has 0 unspecified atom stereocenters. The zero-order valence-corrected chi connectivity index (χ0v) is 12.2. The molecule has 112 valence electrons. The summed E-state index contributed by atoms with van der Waals surface area (Å²) in [6.07, 6.45) is -0.286. The fraction of sp³-hybridized carbons (Fsp3) is 0.462. The molecule has 0 aliphatic carbocycles. The Bertz CT molecular complexity index is 501. The van der Waals surface area contributed by atoms with Gasteiger partial charge in [0.25, 0.3) is 10.1 Å². The van der Waals surface area contributed by atoms with E-state index in [0.29, 0.717) is 0 Å². The Labute approximate surface area is 119 Å². The van der Waals surface area contributed by atoms with Crippen LogP contribution in [0, 0.1) is 0 Å². The SMILES string of the molecule is CCOS(=O)(=O)CCCNC(=O)OCc1ccccc1. The fourth-order valence-corrected chi connectivity index (χ4v) is 2.43. The normalized spacial score (nSPS) is 11.1. The van der Waals surface area contributed by atoms with E-state index in [1.165, 1.54) is 0 Å². The molecular weight excluding hydrogens is 282 g/mol. The molecule has 7 heteroatoms. The van der Waals surface area contributed by atoms with Crippen molar-refractivity contribution >= 4 is 16.2 Å². The van der Waals surface area contributed by atoms with E-state index in [0.717, 1.165) is 5.56 Å². The summed E-state index contributed by atoms with van der Waals surface area (Å²) in [7, 11) is -3.48. The van der Waals surface area contributed by atoms with Crippen molar-refractivity contribution in [3.63, 3.8) is 0 Å². The third-order valence-electron chi connectivity index (χ3n) is 2.35. The average molecular weight is 301 g/mol. The van der Waals surface area contributed by atoms with E-state index in [1.54, 1.807) is 6.92 Å². The summed E-state index contributed by atoms with van der Waals surface area (Å²) in [5.74, 6) is -0.125. The van der Waals surface area contributed by atoms with Gasteiger partial charge in [0, 0.05) is 6.54 Å². The van der Waals surface area contributed by atoms with Crippen molar-refractivity contribution in [3.05, 3.63) is 35.9 Å². The predicted octanol–water partition coefficient (Wildman–Crippen LogP) is 1.67. The van der Waals surface area contributed by atoms with Gasteiger partial charge in [0.2, 0.25) is 0 Å². The number of rotatable bonds is 8. The smallest absolute Gasteiger partial charge is 0.407 e. The molecule has 0 heterocycles. The van der Waals surface area contributed by atoms with Crippen molar-refractivity contribution in [3.8, 4) is 0 Å². The van der Waals surface area contributed by atoms with E-state index < -0.39 is 16.2 Å². The molecule has 1 N–H and O–H groups in total. The molecule has 0 fully saturated rings. The number of carbonyl (C=O) groups is 1. The van der Waals surface area contributed by atoms with Crippen LogP contribution in [-0.4, -0.2) is 33.4 Å². The number of nitrogens with one attached hydrogen (secondary N) is 1. The van der Waals surface area contributed by atoms with Crippen LogP contribution in [0.5, 0.6) is 0 Å². The Kier molecular flexibility index (Phi) is 7.03. The van der Waals surface area contributed by atoms with Crippen molar-refractivity contribution in [2.24, 2.45) is 0 Å². The highest BCUT2D eigenvalue weighted by molar-refractivity contribution is 7.86. The van der Waals surface area contributed by atoms with E-state index >= 15 is 0 Å². The van der Waals surface area contributed by atoms with E-state index in [-0.39, 0.29) is 31.9 Å². The molecule has 0 aromatic heterocycles. The van der Waals surface area contributed by atoms with Crippen molar-refractivity contribution in [2.45, 2.75) is 20.0 Å². The molecule has 0 spiro atoms. The zero-order valence-electron chi connectivity index (χ0n) is 11.4. The van der Waals surface area contributed by atoms with Gasteiger partial charge in [-0.1, -0.05) is 30.3 Å². The lowest BCUT2D eigenvalue weighted by Crippen LogP contribution is -2.26. The molecule has 0 saturated heterocycles. The Morgan fingerprint density at radius 3 is 2.60 bits per heavy atom. The van der Waals surface area contributed by atoms with E-state index in [4.69, 9.17) is 4.74 Å². The van der Waals surface area contributed by atoms with Crippen LogP contribution in [-0.2, 0) is 25.6 Å². The second-order valence-corrected chi connectivity index (χ2v) is 5.77. The van der Waals surface area contributed by atoms with Gasteiger partial charge in [0.05, 0.1) is 12.4 Å². The largest absolute Gasteiger partial charge is 0.445 e. The van der Waals surface area contributed by atoms with Crippen LogP contribution >= 0.6 is 0 Å². The zero-order chi connectivity index (χ0) is 14.8. The highest BCUT2D eigenvalue weighted by Crippen LogP contribution is 2.00. The summed E-state index contributed by atoms with van der Waals surface area (Å²) in [6, 6.07) is 9.29. The summed E-state index contributed by atoms with van der Waals surface area (Å²) in [6.45, 7) is 2.13. The monoisotopic (exact) mass is 301 g/mol.